The average Bonchev–Trinajstić information content (AvgIpc) is 2.48. The van der Waals surface area contributed by atoms with Crippen molar-refractivity contribution in [2.45, 2.75) is 64.0 Å². The molecule has 0 radical (unpaired) electrons. The molecular formula is C16H27N3O4S. The highest BCUT2D eigenvalue weighted by Gasteiger charge is 2.40. The minimum Gasteiger partial charge on any atom is -0.480 e. The van der Waals surface area contributed by atoms with Crippen LogP contribution in [-0.4, -0.2) is 55.3 Å². The third kappa shape index (κ3) is 4.91. The molecule has 2 rings (SSSR count). The summed E-state index contributed by atoms with van der Waals surface area (Å²) in [5.41, 5.74) is -0.744. The number of hydrogen-bond acceptors (Lipinski definition) is 5. The quantitative estimate of drug-likeness (QED) is 0.678. The van der Waals surface area contributed by atoms with Crippen LogP contribution in [0.15, 0.2) is 0 Å². The Kier molecular flexibility index (Phi) is 6.23. The first-order valence-corrected chi connectivity index (χ1v) is 10.3. The van der Waals surface area contributed by atoms with Crippen LogP contribution in [-0.2, 0) is 14.8 Å². The standard InChI is InChI=1S/C16H27N3O4S/c1-2-19(10-15(20)21)14-8-13(9-14)18-24(22,23)12-16(11-17)6-4-3-5-7-16/h13-14,18H,2-10,12H2,1H3,(H,20,21). The van der Waals surface area contributed by atoms with Gasteiger partial charge in [-0.1, -0.05) is 26.2 Å². The smallest absolute Gasteiger partial charge is 0.317 e. The zero-order chi connectivity index (χ0) is 17.8. The van der Waals surface area contributed by atoms with E-state index < -0.39 is 21.4 Å². The van der Waals surface area contributed by atoms with Gasteiger partial charge in [0.05, 0.1) is 23.8 Å². The topological polar surface area (TPSA) is 110 Å². The number of carboxylic acid groups (broad SMARTS) is 1. The second-order valence-corrected chi connectivity index (χ2v) is 8.86. The lowest BCUT2D eigenvalue weighted by atomic mass is 9.77. The molecule has 0 amide bonds. The van der Waals surface area contributed by atoms with Gasteiger partial charge in [0.25, 0.3) is 0 Å². The Balaban J connectivity index is 1.86. The first-order chi connectivity index (χ1) is 11.3. The van der Waals surface area contributed by atoms with Crippen LogP contribution >= 0.6 is 0 Å². The van der Waals surface area contributed by atoms with Crippen molar-refractivity contribution in [1.29, 1.82) is 5.26 Å². The van der Waals surface area contributed by atoms with Crippen LogP contribution < -0.4 is 4.72 Å². The zero-order valence-corrected chi connectivity index (χ0v) is 15.0. The van der Waals surface area contributed by atoms with E-state index in [0.29, 0.717) is 32.2 Å². The van der Waals surface area contributed by atoms with Crippen molar-refractivity contribution < 1.29 is 18.3 Å². The van der Waals surface area contributed by atoms with Crippen molar-refractivity contribution in [3.8, 4) is 6.07 Å². The van der Waals surface area contributed by atoms with Gasteiger partial charge in [-0.2, -0.15) is 5.26 Å². The van der Waals surface area contributed by atoms with Crippen LogP contribution in [0.5, 0.6) is 0 Å². The first-order valence-electron chi connectivity index (χ1n) is 8.66. The van der Waals surface area contributed by atoms with Crippen molar-refractivity contribution in [2.24, 2.45) is 5.41 Å². The summed E-state index contributed by atoms with van der Waals surface area (Å²) in [7, 11) is -3.50. The summed E-state index contributed by atoms with van der Waals surface area (Å²) in [5.74, 6) is -0.987. The zero-order valence-electron chi connectivity index (χ0n) is 14.2. The summed E-state index contributed by atoms with van der Waals surface area (Å²) in [6.07, 6.45) is 5.45. The van der Waals surface area contributed by atoms with Crippen molar-refractivity contribution >= 4 is 16.0 Å². The largest absolute Gasteiger partial charge is 0.480 e. The van der Waals surface area contributed by atoms with E-state index >= 15 is 0 Å². The summed E-state index contributed by atoms with van der Waals surface area (Å²) < 4.78 is 27.5. The average molecular weight is 357 g/mol. The number of rotatable bonds is 8. The van der Waals surface area contributed by atoms with Crippen LogP contribution in [0.4, 0.5) is 0 Å². The van der Waals surface area contributed by atoms with Crippen molar-refractivity contribution in [2.75, 3.05) is 18.8 Å². The van der Waals surface area contributed by atoms with Gasteiger partial charge in [-0.05, 0) is 32.2 Å². The third-order valence-electron chi connectivity index (χ3n) is 5.23. The number of carboxylic acids is 1. The number of aliphatic carboxylic acids is 1. The van der Waals surface area contributed by atoms with Gasteiger partial charge in [0.2, 0.25) is 10.0 Å². The number of nitriles is 1. The molecule has 0 aromatic carbocycles. The molecule has 0 atom stereocenters. The van der Waals surface area contributed by atoms with E-state index in [1.165, 1.54) is 0 Å². The maximum atomic E-state index is 12.4. The van der Waals surface area contributed by atoms with Crippen LogP contribution in [0.3, 0.4) is 0 Å². The second-order valence-electron chi connectivity index (χ2n) is 7.11. The number of sulfonamides is 1. The van der Waals surface area contributed by atoms with Crippen molar-refractivity contribution in [1.82, 2.24) is 9.62 Å². The molecule has 0 spiro atoms. The minimum atomic E-state index is -3.50. The fourth-order valence-corrected chi connectivity index (χ4v) is 5.70. The summed E-state index contributed by atoms with van der Waals surface area (Å²) in [5, 5.41) is 18.3. The van der Waals surface area contributed by atoms with Gasteiger partial charge in [0.1, 0.15) is 0 Å². The van der Waals surface area contributed by atoms with Gasteiger partial charge in [-0.25, -0.2) is 13.1 Å². The van der Waals surface area contributed by atoms with E-state index in [0.717, 1.165) is 19.3 Å². The molecule has 0 saturated heterocycles. The van der Waals surface area contributed by atoms with E-state index in [-0.39, 0.29) is 24.4 Å². The van der Waals surface area contributed by atoms with E-state index in [1.807, 2.05) is 11.8 Å². The molecule has 8 heteroatoms. The van der Waals surface area contributed by atoms with Gasteiger partial charge in [-0.15, -0.1) is 0 Å². The summed E-state index contributed by atoms with van der Waals surface area (Å²) in [4.78, 5) is 12.7. The van der Waals surface area contributed by atoms with E-state index in [4.69, 9.17) is 5.11 Å². The monoisotopic (exact) mass is 357 g/mol. The highest BCUT2D eigenvalue weighted by atomic mass is 32.2. The fraction of sp³-hybridized carbons (Fsp3) is 0.875. The third-order valence-corrected chi connectivity index (χ3v) is 6.86. The van der Waals surface area contributed by atoms with Crippen molar-refractivity contribution in [3.63, 3.8) is 0 Å². The number of carbonyl (C=O) groups is 1. The number of likely N-dealkylation sites (N-methyl/N-ethyl adjacent to an activating group) is 1. The molecule has 136 valence electrons. The normalized spacial score (nSPS) is 26.5. The predicted octanol–water partition coefficient (Wildman–Crippen LogP) is 1.32. The molecule has 2 aliphatic carbocycles. The Labute approximate surface area is 144 Å². The summed E-state index contributed by atoms with van der Waals surface area (Å²) in [6, 6.07) is 2.21. The highest BCUT2D eigenvalue weighted by molar-refractivity contribution is 7.89. The maximum Gasteiger partial charge on any atom is 0.317 e. The SMILES string of the molecule is CCN(CC(=O)O)C1CC(NS(=O)(=O)CC2(C#N)CCCCC2)C1. The van der Waals surface area contributed by atoms with E-state index in [2.05, 4.69) is 10.8 Å². The molecule has 0 aromatic rings. The predicted molar refractivity (Wildman–Crippen MR) is 89.7 cm³/mol. The molecule has 2 aliphatic rings. The fourth-order valence-electron chi connectivity index (χ4n) is 3.83. The maximum absolute atomic E-state index is 12.4. The van der Waals surface area contributed by atoms with Crippen molar-refractivity contribution in [3.05, 3.63) is 0 Å². The van der Waals surface area contributed by atoms with Gasteiger partial charge in [0.15, 0.2) is 0 Å². The highest BCUT2D eigenvalue weighted by Crippen LogP contribution is 2.37. The first kappa shape index (κ1) is 19.2. The molecule has 2 saturated carbocycles. The molecule has 0 aromatic heterocycles. The lowest BCUT2D eigenvalue weighted by Gasteiger charge is -2.42. The van der Waals surface area contributed by atoms with Crippen LogP contribution in [0.1, 0.15) is 51.9 Å². The van der Waals surface area contributed by atoms with Gasteiger partial charge >= 0.3 is 5.97 Å². The van der Waals surface area contributed by atoms with Gasteiger partial charge < -0.3 is 5.11 Å². The second kappa shape index (κ2) is 7.81. The van der Waals surface area contributed by atoms with Crippen LogP contribution in [0.2, 0.25) is 0 Å². The molecule has 0 bridgehead atoms. The molecule has 7 nitrogen and oxygen atoms in total. The molecule has 0 unspecified atom stereocenters. The molecule has 24 heavy (non-hydrogen) atoms. The number of nitrogens with one attached hydrogen (secondary N) is 1. The number of nitrogens with zero attached hydrogens (tertiary/aromatic N) is 2. The molecule has 0 aliphatic heterocycles. The van der Waals surface area contributed by atoms with Crippen LogP contribution in [0.25, 0.3) is 0 Å². The Morgan fingerprint density at radius 2 is 1.96 bits per heavy atom. The molecule has 0 heterocycles. The molecule has 2 N–H and O–H groups in total. The van der Waals surface area contributed by atoms with E-state index in [1.54, 1.807) is 0 Å². The Morgan fingerprint density at radius 3 is 2.46 bits per heavy atom. The molecular weight excluding hydrogens is 330 g/mol. The summed E-state index contributed by atoms with van der Waals surface area (Å²) >= 11 is 0. The van der Waals surface area contributed by atoms with Gasteiger partial charge in [0, 0.05) is 12.1 Å². The van der Waals surface area contributed by atoms with E-state index in [9.17, 15) is 18.5 Å². The Bertz CT molecular complexity index is 587. The molecule has 2 fully saturated rings. The lowest BCUT2D eigenvalue weighted by molar-refractivity contribution is -0.139. The Morgan fingerprint density at radius 1 is 1.33 bits per heavy atom. The minimum absolute atomic E-state index is 0.0157. The lowest BCUT2D eigenvalue weighted by Crippen LogP contribution is -2.55. The Hall–Kier alpha value is -1.17. The van der Waals surface area contributed by atoms with Gasteiger partial charge in [-0.3, -0.25) is 9.69 Å². The van der Waals surface area contributed by atoms with Crippen LogP contribution in [0, 0.1) is 16.7 Å². The summed E-state index contributed by atoms with van der Waals surface area (Å²) in [6.45, 7) is 2.52. The number of hydrogen-bond donors (Lipinski definition) is 2.